The summed E-state index contributed by atoms with van der Waals surface area (Å²) < 4.78 is 10.4. The fourth-order valence-corrected chi connectivity index (χ4v) is 1.38. The van der Waals surface area contributed by atoms with Gasteiger partial charge in [-0.1, -0.05) is 11.2 Å². The van der Waals surface area contributed by atoms with Crippen molar-refractivity contribution in [1.82, 2.24) is 0 Å². The lowest BCUT2D eigenvalue weighted by molar-refractivity contribution is 0.319. The Labute approximate surface area is 101 Å². The zero-order chi connectivity index (χ0) is 12.8. The number of methoxy groups -OCH3 is 2. The molecule has 0 aliphatic rings. The number of benzene rings is 1. The van der Waals surface area contributed by atoms with Gasteiger partial charge in [0.25, 0.3) is 0 Å². The van der Waals surface area contributed by atoms with Crippen molar-refractivity contribution >= 4 is 11.8 Å². The molecule has 0 aromatic heterocycles. The SMILES string of the molecule is COc1ccc(/C=C(C)\C(C)=N\O)cc1OC. The number of hydrogen-bond acceptors (Lipinski definition) is 4. The van der Waals surface area contributed by atoms with Crippen molar-refractivity contribution < 1.29 is 14.7 Å². The van der Waals surface area contributed by atoms with Crippen molar-refractivity contribution in [3.8, 4) is 11.5 Å². The van der Waals surface area contributed by atoms with E-state index in [0.717, 1.165) is 11.1 Å². The zero-order valence-corrected chi connectivity index (χ0v) is 10.5. The molecule has 0 aliphatic carbocycles. The van der Waals surface area contributed by atoms with Crippen LogP contribution in [0.4, 0.5) is 0 Å². The molecule has 17 heavy (non-hydrogen) atoms. The Bertz CT molecular complexity index is 450. The topological polar surface area (TPSA) is 51.0 Å². The summed E-state index contributed by atoms with van der Waals surface area (Å²) >= 11 is 0. The summed E-state index contributed by atoms with van der Waals surface area (Å²) in [6.07, 6.45) is 1.91. The summed E-state index contributed by atoms with van der Waals surface area (Å²) in [6, 6.07) is 5.62. The van der Waals surface area contributed by atoms with Gasteiger partial charge in [-0.05, 0) is 43.2 Å². The molecule has 92 valence electrons. The zero-order valence-electron chi connectivity index (χ0n) is 10.5. The molecule has 0 saturated carbocycles. The summed E-state index contributed by atoms with van der Waals surface area (Å²) in [5.74, 6) is 1.36. The molecule has 1 rings (SSSR count). The Morgan fingerprint density at radius 3 is 2.35 bits per heavy atom. The van der Waals surface area contributed by atoms with Crippen LogP contribution in [0.3, 0.4) is 0 Å². The summed E-state index contributed by atoms with van der Waals surface area (Å²) in [7, 11) is 3.19. The van der Waals surface area contributed by atoms with Crippen molar-refractivity contribution in [1.29, 1.82) is 0 Å². The van der Waals surface area contributed by atoms with Crippen LogP contribution in [0.2, 0.25) is 0 Å². The van der Waals surface area contributed by atoms with Gasteiger partial charge < -0.3 is 14.7 Å². The minimum Gasteiger partial charge on any atom is -0.493 e. The number of ether oxygens (including phenoxy) is 2. The number of allylic oxidation sites excluding steroid dienone is 1. The van der Waals surface area contributed by atoms with E-state index in [9.17, 15) is 0 Å². The standard InChI is InChI=1S/C13H17NO3/c1-9(10(2)14-15)7-11-5-6-12(16-3)13(8-11)17-4/h5-8,15H,1-4H3/b9-7-,14-10+. The summed E-state index contributed by atoms with van der Waals surface area (Å²) in [5, 5.41) is 11.8. The normalized spacial score (nSPS) is 12.5. The molecule has 1 aromatic carbocycles. The van der Waals surface area contributed by atoms with Crippen molar-refractivity contribution in [2.45, 2.75) is 13.8 Å². The Kier molecular flexibility index (Phi) is 4.57. The largest absolute Gasteiger partial charge is 0.493 e. The van der Waals surface area contributed by atoms with Gasteiger partial charge in [-0.2, -0.15) is 0 Å². The van der Waals surface area contributed by atoms with E-state index in [4.69, 9.17) is 14.7 Å². The summed E-state index contributed by atoms with van der Waals surface area (Å²) in [6.45, 7) is 3.62. The van der Waals surface area contributed by atoms with Crippen molar-refractivity contribution in [3.05, 3.63) is 29.3 Å². The van der Waals surface area contributed by atoms with Crippen molar-refractivity contribution in [3.63, 3.8) is 0 Å². The Hall–Kier alpha value is -1.97. The van der Waals surface area contributed by atoms with Crippen LogP contribution in [0.25, 0.3) is 6.08 Å². The third-order valence-corrected chi connectivity index (χ3v) is 2.51. The predicted octanol–water partition coefficient (Wildman–Crippen LogP) is 2.96. The molecule has 0 amide bonds. The van der Waals surface area contributed by atoms with E-state index in [0.29, 0.717) is 17.2 Å². The maximum atomic E-state index is 8.67. The average Bonchev–Trinajstić information content (AvgIpc) is 2.37. The predicted molar refractivity (Wildman–Crippen MR) is 68.1 cm³/mol. The van der Waals surface area contributed by atoms with Gasteiger partial charge in [0.15, 0.2) is 11.5 Å². The van der Waals surface area contributed by atoms with Crippen LogP contribution >= 0.6 is 0 Å². The van der Waals surface area contributed by atoms with Crippen LogP contribution in [0, 0.1) is 0 Å². The molecular formula is C13H17NO3. The first-order chi connectivity index (χ1) is 8.12. The maximum Gasteiger partial charge on any atom is 0.161 e. The van der Waals surface area contributed by atoms with E-state index in [-0.39, 0.29) is 0 Å². The molecule has 4 heteroatoms. The molecule has 1 aromatic rings. The molecule has 0 spiro atoms. The van der Waals surface area contributed by atoms with E-state index in [1.165, 1.54) is 0 Å². The number of rotatable bonds is 4. The first-order valence-electron chi connectivity index (χ1n) is 5.21. The Morgan fingerprint density at radius 2 is 1.82 bits per heavy atom. The minimum atomic E-state index is 0.583. The molecule has 1 N–H and O–H groups in total. The highest BCUT2D eigenvalue weighted by atomic mass is 16.5. The highest BCUT2D eigenvalue weighted by Gasteiger charge is 2.04. The van der Waals surface area contributed by atoms with Gasteiger partial charge in [0, 0.05) is 0 Å². The first-order valence-corrected chi connectivity index (χ1v) is 5.21. The van der Waals surface area contributed by atoms with Crippen LogP contribution in [-0.4, -0.2) is 25.1 Å². The fourth-order valence-electron chi connectivity index (χ4n) is 1.38. The molecule has 0 saturated heterocycles. The van der Waals surface area contributed by atoms with Crippen LogP contribution in [0.5, 0.6) is 11.5 Å². The molecule has 0 aliphatic heterocycles. The highest BCUT2D eigenvalue weighted by Crippen LogP contribution is 2.28. The van der Waals surface area contributed by atoms with Crippen molar-refractivity contribution in [2.75, 3.05) is 14.2 Å². The van der Waals surface area contributed by atoms with Gasteiger partial charge >= 0.3 is 0 Å². The van der Waals surface area contributed by atoms with Gasteiger partial charge in [0.2, 0.25) is 0 Å². The monoisotopic (exact) mass is 235 g/mol. The van der Waals surface area contributed by atoms with Gasteiger partial charge in [-0.25, -0.2) is 0 Å². The van der Waals surface area contributed by atoms with Gasteiger partial charge in [-0.15, -0.1) is 0 Å². The molecular weight excluding hydrogens is 218 g/mol. The van der Waals surface area contributed by atoms with E-state index in [1.807, 2.05) is 31.2 Å². The lowest BCUT2D eigenvalue weighted by Gasteiger charge is -2.08. The molecule has 0 fully saturated rings. The molecule has 4 nitrogen and oxygen atoms in total. The summed E-state index contributed by atoms with van der Waals surface area (Å²) in [5.41, 5.74) is 2.43. The second-order valence-corrected chi connectivity index (χ2v) is 3.63. The molecule has 0 unspecified atom stereocenters. The van der Waals surface area contributed by atoms with Crippen LogP contribution in [0.1, 0.15) is 19.4 Å². The quantitative estimate of drug-likeness (QED) is 0.496. The summed E-state index contributed by atoms with van der Waals surface area (Å²) in [4.78, 5) is 0. The van der Waals surface area contributed by atoms with Crippen LogP contribution in [-0.2, 0) is 0 Å². The minimum absolute atomic E-state index is 0.583. The van der Waals surface area contributed by atoms with Crippen molar-refractivity contribution in [2.24, 2.45) is 5.16 Å². The second kappa shape index (κ2) is 5.94. The molecule has 0 bridgehead atoms. The number of hydrogen-bond donors (Lipinski definition) is 1. The lowest BCUT2D eigenvalue weighted by atomic mass is 10.1. The fraction of sp³-hybridized carbons (Fsp3) is 0.308. The highest BCUT2D eigenvalue weighted by molar-refractivity contribution is 6.01. The average molecular weight is 235 g/mol. The van der Waals surface area contributed by atoms with Crippen LogP contribution in [0.15, 0.2) is 28.9 Å². The number of nitrogens with zero attached hydrogens (tertiary/aromatic N) is 1. The van der Waals surface area contributed by atoms with E-state index < -0.39 is 0 Å². The molecule has 0 heterocycles. The van der Waals surface area contributed by atoms with E-state index in [2.05, 4.69) is 5.16 Å². The van der Waals surface area contributed by atoms with Gasteiger partial charge in [-0.3, -0.25) is 0 Å². The van der Waals surface area contributed by atoms with E-state index >= 15 is 0 Å². The maximum absolute atomic E-state index is 8.67. The Morgan fingerprint density at radius 1 is 1.18 bits per heavy atom. The number of oxime groups is 1. The third-order valence-electron chi connectivity index (χ3n) is 2.51. The third kappa shape index (κ3) is 3.24. The van der Waals surface area contributed by atoms with E-state index in [1.54, 1.807) is 21.1 Å². The first kappa shape index (κ1) is 13.1. The molecule has 0 atom stereocenters. The van der Waals surface area contributed by atoms with Gasteiger partial charge in [0.05, 0.1) is 19.9 Å². The second-order valence-electron chi connectivity index (χ2n) is 3.63. The lowest BCUT2D eigenvalue weighted by Crippen LogP contribution is -1.94. The molecule has 0 radical (unpaired) electrons. The smallest absolute Gasteiger partial charge is 0.161 e. The van der Waals surface area contributed by atoms with Gasteiger partial charge in [0.1, 0.15) is 0 Å². The van der Waals surface area contributed by atoms with Crippen LogP contribution < -0.4 is 9.47 Å². The Balaban J connectivity index is 3.09.